The van der Waals surface area contributed by atoms with E-state index in [1.807, 2.05) is 6.92 Å². The number of likely N-dealkylation sites (N-methyl/N-ethyl adjacent to an activating group) is 1. The standard InChI is InChI=1S/C22H24F2N6O2/c1-3-17-22(32-21(31)30(17)2)6-4-5-13(8-22)28-20-16(24)11-27-19(29-20)15-10-26-18-14(15)7-12(23)9-25-18/h7,9-11,13,17H,3-6,8H2,1-2H3,(H,25,26)(H,27,28,29)/t13-,17-,22+/m0/s1. The van der Waals surface area contributed by atoms with Crippen LogP contribution in [0, 0.1) is 11.6 Å². The van der Waals surface area contributed by atoms with Gasteiger partial charge in [-0.2, -0.15) is 0 Å². The minimum atomic E-state index is -0.580. The molecule has 10 heteroatoms. The van der Waals surface area contributed by atoms with E-state index in [1.54, 1.807) is 18.1 Å². The number of aromatic nitrogens is 4. The molecule has 168 valence electrons. The summed E-state index contributed by atoms with van der Waals surface area (Å²) in [6.07, 6.45) is 7.34. The second-order valence-electron chi connectivity index (χ2n) is 8.55. The number of rotatable bonds is 4. The average Bonchev–Trinajstić information content (AvgIpc) is 3.28. The normalized spacial score (nSPS) is 25.5. The first-order valence-corrected chi connectivity index (χ1v) is 10.8. The van der Waals surface area contributed by atoms with Crippen LogP contribution in [-0.2, 0) is 4.74 Å². The fourth-order valence-electron chi connectivity index (χ4n) is 5.18. The molecule has 1 aliphatic heterocycles. The molecule has 2 fully saturated rings. The number of fused-ring (bicyclic) bond motifs is 1. The van der Waals surface area contributed by atoms with Crippen molar-refractivity contribution in [3.05, 3.63) is 36.3 Å². The minimum absolute atomic E-state index is 0.0148. The molecular formula is C22H24F2N6O2. The van der Waals surface area contributed by atoms with Crippen LogP contribution in [0.1, 0.15) is 39.0 Å². The van der Waals surface area contributed by atoms with Crippen LogP contribution < -0.4 is 5.32 Å². The summed E-state index contributed by atoms with van der Waals surface area (Å²) in [7, 11) is 1.76. The van der Waals surface area contributed by atoms with Crippen molar-refractivity contribution < 1.29 is 18.3 Å². The van der Waals surface area contributed by atoms with Crippen molar-refractivity contribution >= 4 is 22.9 Å². The number of H-pyrrole nitrogens is 1. The van der Waals surface area contributed by atoms with E-state index < -0.39 is 17.2 Å². The van der Waals surface area contributed by atoms with Crippen LogP contribution in [0.2, 0.25) is 0 Å². The smallest absolute Gasteiger partial charge is 0.410 e. The SMILES string of the molecule is CC[C@@H]1N(C)C(=O)O[C@@]12CCC[C@H](Nc1nc(-c3c[nH]c4ncc(F)cc34)ncc1F)C2. The highest BCUT2D eigenvalue weighted by Gasteiger charge is 2.53. The third-order valence-electron chi connectivity index (χ3n) is 6.61. The van der Waals surface area contributed by atoms with Crippen molar-refractivity contribution in [3.8, 4) is 11.4 Å². The molecule has 1 saturated carbocycles. The molecule has 1 saturated heterocycles. The summed E-state index contributed by atoms with van der Waals surface area (Å²) in [5.74, 6) is -0.726. The molecule has 1 aliphatic carbocycles. The van der Waals surface area contributed by atoms with Gasteiger partial charge in [0.15, 0.2) is 17.5 Å². The molecular weight excluding hydrogens is 418 g/mol. The van der Waals surface area contributed by atoms with Gasteiger partial charge in [0.2, 0.25) is 0 Å². The molecule has 3 aromatic heterocycles. The number of amides is 1. The van der Waals surface area contributed by atoms with Crippen molar-refractivity contribution in [1.82, 2.24) is 24.8 Å². The van der Waals surface area contributed by atoms with Gasteiger partial charge in [0.25, 0.3) is 0 Å². The Morgan fingerprint density at radius 1 is 1.34 bits per heavy atom. The molecule has 4 heterocycles. The number of nitrogens with zero attached hydrogens (tertiary/aromatic N) is 4. The second-order valence-corrected chi connectivity index (χ2v) is 8.55. The van der Waals surface area contributed by atoms with Gasteiger partial charge in [-0.05, 0) is 31.7 Å². The fourth-order valence-corrected chi connectivity index (χ4v) is 5.18. The molecule has 0 bridgehead atoms. The Morgan fingerprint density at radius 3 is 3.00 bits per heavy atom. The van der Waals surface area contributed by atoms with Gasteiger partial charge in [-0.1, -0.05) is 6.92 Å². The third kappa shape index (κ3) is 3.34. The summed E-state index contributed by atoms with van der Waals surface area (Å²) in [4.78, 5) is 29.3. The van der Waals surface area contributed by atoms with Gasteiger partial charge in [0.1, 0.15) is 17.1 Å². The summed E-state index contributed by atoms with van der Waals surface area (Å²) in [6.45, 7) is 2.04. The number of halogens is 2. The maximum atomic E-state index is 14.6. The zero-order valence-electron chi connectivity index (χ0n) is 17.9. The van der Waals surface area contributed by atoms with Crippen LogP contribution in [0.5, 0.6) is 0 Å². The van der Waals surface area contributed by atoms with Crippen molar-refractivity contribution in [3.63, 3.8) is 0 Å². The number of pyridine rings is 1. The van der Waals surface area contributed by atoms with E-state index in [4.69, 9.17) is 4.74 Å². The fraction of sp³-hybridized carbons (Fsp3) is 0.455. The highest BCUT2D eigenvalue weighted by Crippen LogP contribution is 2.43. The molecule has 3 aromatic rings. The van der Waals surface area contributed by atoms with Gasteiger partial charge in [-0.25, -0.2) is 28.5 Å². The zero-order chi connectivity index (χ0) is 22.5. The Kier molecular flexibility index (Phi) is 4.94. The van der Waals surface area contributed by atoms with Gasteiger partial charge in [0.05, 0.1) is 18.4 Å². The van der Waals surface area contributed by atoms with E-state index in [0.717, 1.165) is 38.1 Å². The van der Waals surface area contributed by atoms with Crippen molar-refractivity contribution in [2.45, 2.75) is 56.7 Å². The number of hydrogen-bond acceptors (Lipinski definition) is 6. The van der Waals surface area contributed by atoms with E-state index in [0.29, 0.717) is 23.0 Å². The van der Waals surface area contributed by atoms with E-state index >= 15 is 0 Å². The average molecular weight is 442 g/mol. The monoisotopic (exact) mass is 442 g/mol. The maximum absolute atomic E-state index is 14.6. The summed E-state index contributed by atoms with van der Waals surface area (Å²) in [5.41, 5.74) is 0.450. The summed E-state index contributed by atoms with van der Waals surface area (Å²) >= 11 is 0. The Bertz CT molecular complexity index is 1180. The van der Waals surface area contributed by atoms with Crippen molar-refractivity contribution in [2.75, 3.05) is 12.4 Å². The van der Waals surface area contributed by atoms with Crippen molar-refractivity contribution in [2.24, 2.45) is 0 Å². The number of nitrogens with one attached hydrogen (secondary N) is 2. The largest absolute Gasteiger partial charge is 0.441 e. The molecule has 0 unspecified atom stereocenters. The molecule has 3 atom stereocenters. The lowest BCUT2D eigenvalue weighted by atomic mass is 9.76. The van der Waals surface area contributed by atoms with Gasteiger partial charge in [-0.3, -0.25) is 0 Å². The van der Waals surface area contributed by atoms with E-state index in [9.17, 15) is 13.6 Å². The quantitative estimate of drug-likeness (QED) is 0.627. The maximum Gasteiger partial charge on any atom is 0.410 e. The number of ether oxygens (including phenoxy) is 1. The molecule has 0 radical (unpaired) electrons. The predicted molar refractivity (Wildman–Crippen MR) is 114 cm³/mol. The number of carbonyl (C=O) groups excluding carboxylic acids is 1. The lowest BCUT2D eigenvalue weighted by Gasteiger charge is -2.40. The van der Waals surface area contributed by atoms with Crippen LogP contribution in [0.4, 0.5) is 19.4 Å². The topological polar surface area (TPSA) is 96.0 Å². The third-order valence-corrected chi connectivity index (χ3v) is 6.61. The molecule has 1 spiro atoms. The summed E-state index contributed by atoms with van der Waals surface area (Å²) in [6, 6.07) is 1.21. The first-order valence-electron chi connectivity index (χ1n) is 10.8. The molecule has 5 rings (SSSR count). The van der Waals surface area contributed by atoms with Crippen LogP contribution in [0.25, 0.3) is 22.4 Å². The second kappa shape index (κ2) is 7.68. The van der Waals surface area contributed by atoms with Gasteiger partial charge < -0.3 is 19.9 Å². The molecule has 2 N–H and O–H groups in total. The predicted octanol–water partition coefficient (Wildman–Crippen LogP) is 4.25. The van der Waals surface area contributed by atoms with Crippen molar-refractivity contribution in [1.29, 1.82) is 0 Å². The van der Waals surface area contributed by atoms with Crippen LogP contribution in [-0.4, -0.2) is 55.7 Å². The summed E-state index contributed by atoms with van der Waals surface area (Å²) in [5, 5.41) is 3.72. The minimum Gasteiger partial charge on any atom is -0.441 e. The molecule has 2 aliphatic rings. The van der Waals surface area contributed by atoms with Gasteiger partial charge in [-0.15, -0.1) is 0 Å². The molecule has 0 aromatic carbocycles. The molecule has 1 amide bonds. The lowest BCUT2D eigenvalue weighted by molar-refractivity contribution is -0.00232. The van der Waals surface area contributed by atoms with Gasteiger partial charge >= 0.3 is 6.09 Å². The van der Waals surface area contributed by atoms with E-state index in [1.165, 1.54) is 6.07 Å². The number of anilines is 1. The van der Waals surface area contributed by atoms with E-state index in [-0.39, 0.29) is 29.8 Å². The first-order chi connectivity index (χ1) is 15.4. The number of carbonyl (C=O) groups is 1. The Labute approximate surface area is 183 Å². The Morgan fingerprint density at radius 2 is 2.19 bits per heavy atom. The number of aromatic amines is 1. The lowest BCUT2D eigenvalue weighted by Crippen LogP contribution is -2.49. The van der Waals surface area contributed by atoms with Crippen LogP contribution in [0.3, 0.4) is 0 Å². The highest BCUT2D eigenvalue weighted by molar-refractivity contribution is 5.91. The van der Waals surface area contributed by atoms with E-state index in [2.05, 4.69) is 25.3 Å². The zero-order valence-corrected chi connectivity index (χ0v) is 17.9. The summed E-state index contributed by atoms with van der Waals surface area (Å²) < 4.78 is 34.1. The molecule has 8 nitrogen and oxygen atoms in total. The molecule has 32 heavy (non-hydrogen) atoms. The first kappa shape index (κ1) is 20.6. The van der Waals surface area contributed by atoms with Crippen LogP contribution in [0.15, 0.2) is 24.7 Å². The Hall–Kier alpha value is -3.30. The van der Waals surface area contributed by atoms with Gasteiger partial charge in [0, 0.05) is 36.7 Å². The van der Waals surface area contributed by atoms with Crippen LogP contribution >= 0.6 is 0 Å². The highest BCUT2D eigenvalue weighted by atomic mass is 19.1. The Balaban J connectivity index is 1.42. The number of hydrogen-bond donors (Lipinski definition) is 2.